The highest BCUT2D eigenvalue weighted by Crippen LogP contribution is 2.36. The summed E-state index contributed by atoms with van der Waals surface area (Å²) in [5.41, 5.74) is 3.44. The molecule has 0 saturated heterocycles. The Labute approximate surface area is 188 Å². The van der Waals surface area contributed by atoms with Crippen LogP contribution in [0, 0.1) is 0 Å². The van der Waals surface area contributed by atoms with Gasteiger partial charge in [0.15, 0.2) is 17.8 Å². The van der Waals surface area contributed by atoms with Crippen LogP contribution in [0.25, 0.3) is 0 Å². The van der Waals surface area contributed by atoms with Crippen LogP contribution in [0.3, 0.4) is 0 Å². The van der Waals surface area contributed by atoms with E-state index in [2.05, 4.69) is 0 Å². The molecule has 0 saturated carbocycles. The Bertz CT molecular complexity index is 1130. The Morgan fingerprint density at radius 3 is 1.53 bits per heavy atom. The Morgan fingerprint density at radius 2 is 1.03 bits per heavy atom. The molecule has 0 spiro atoms. The summed E-state index contributed by atoms with van der Waals surface area (Å²) in [5.74, 6) is 1.43. The zero-order valence-corrected chi connectivity index (χ0v) is 17.6. The summed E-state index contributed by atoms with van der Waals surface area (Å²) in [6, 6.07) is 33.0. The molecule has 4 rings (SSSR count). The lowest BCUT2D eigenvalue weighted by Gasteiger charge is -2.17. The molecule has 160 valence electrons. The molecule has 0 fully saturated rings. The number of ether oxygens (including phenoxy) is 3. The topological polar surface area (TPSA) is 44.8 Å². The third-order valence-corrected chi connectivity index (χ3v) is 4.90. The van der Waals surface area contributed by atoms with Gasteiger partial charge in [-0.2, -0.15) is 0 Å². The van der Waals surface area contributed by atoms with Gasteiger partial charge in [-0.05, 0) is 22.8 Å². The van der Waals surface area contributed by atoms with E-state index in [1.807, 2.05) is 91.0 Å². The number of aldehydes is 1. The Kier molecular flexibility index (Phi) is 7.17. The summed E-state index contributed by atoms with van der Waals surface area (Å²) in [6.07, 6.45) is 0.769. The minimum atomic E-state index is 0.327. The predicted molar refractivity (Wildman–Crippen MR) is 124 cm³/mol. The zero-order chi connectivity index (χ0) is 22.0. The maximum Gasteiger partial charge on any atom is 0.172 e. The van der Waals surface area contributed by atoms with E-state index in [-0.39, 0.29) is 0 Å². The van der Waals surface area contributed by atoms with Crippen molar-refractivity contribution in [3.8, 4) is 17.2 Å². The number of carbonyl (C=O) groups is 1. The van der Waals surface area contributed by atoms with Crippen molar-refractivity contribution < 1.29 is 19.0 Å². The summed E-state index contributed by atoms with van der Waals surface area (Å²) in [5, 5.41) is 0. The average Bonchev–Trinajstić information content (AvgIpc) is 2.87. The summed E-state index contributed by atoms with van der Waals surface area (Å²) >= 11 is 0. The molecule has 4 aromatic carbocycles. The SMILES string of the molecule is O=Cc1cc(OCc2ccccc2)cc(OCc2ccccc2)c1OCc1ccccc1. The molecule has 0 aliphatic heterocycles. The monoisotopic (exact) mass is 424 g/mol. The van der Waals surface area contributed by atoms with E-state index in [0.717, 1.165) is 23.0 Å². The van der Waals surface area contributed by atoms with Crippen LogP contribution in [0.2, 0.25) is 0 Å². The molecular formula is C28H24O4. The van der Waals surface area contributed by atoms with E-state index in [4.69, 9.17) is 14.2 Å². The Balaban J connectivity index is 1.58. The van der Waals surface area contributed by atoms with Gasteiger partial charge in [-0.15, -0.1) is 0 Å². The highest BCUT2D eigenvalue weighted by atomic mass is 16.5. The molecule has 0 aromatic heterocycles. The van der Waals surface area contributed by atoms with Crippen LogP contribution in [0.5, 0.6) is 17.2 Å². The van der Waals surface area contributed by atoms with Crippen LogP contribution in [0.4, 0.5) is 0 Å². The van der Waals surface area contributed by atoms with E-state index in [0.29, 0.717) is 42.6 Å². The van der Waals surface area contributed by atoms with Crippen molar-refractivity contribution in [3.05, 3.63) is 125 Å². The molecule has 0 N–H and O–H groups in total. The second-order valence-corrected chi connectivity index (χ2v) is 7.28. The van der Waals surface area contributed by atoms with Crippen LogP contribution < -0.4 is 14.2 Å². The van der Waals surface area contributed by atoms with E-state index in [1.54, 1.807) is 12.1 Å². The fourth-order valence-corrected chi connectivity index (χ4v) is 3.24. The second-order valence-electron chi connectivity index (χ2n) is 7.28. The molecule has 0 radical (unpaired) electrons. The molecule has 4 heteroatoms. The first kappa shape index (κ1) is 21.2. The number of carbonyl (C=O) groups excluding carboxylic acids is 1. The molecule has 0 bridgehead atoms. The fraction of sp³-hybridized carbons (Fsp3) is 0.107. The maximum absolute atomic E-state index is 11.9. The van der Waals surface area contributed by atoms with Gasteiger partial charge in [-0.3, -0.25) is 4.79 Å². The standard InChI is InChI=1S/C28H24O4/c29-18-25-16-26(30-19-22-10-4-1-5-11-22)17-27(31-20-23-12-6-2-7-13-23)28(25)32-21-24-14-8-3-9-15-24/h1-18H,19-21H2. The van der Waals surface area contributed by atoms with E-state index < -0.39 is 0 Å². The lowest BCUT2D eigenvalue weighted by atomic mass is 10.1. The molecule has 0 unspecified atom stereocenters. The van der Waals surface area contributed by atoms with E-state index >= 15 is 0 Å². The third-order valence-electron chi connectivity index (χ3n) is 4.90. The third kappa shape index (κ3) is 5.76. The van der Waals surface area contributed by atoms with Crippen LogP contribution >= 0.6 is 0 Å². The zero-order valence-electron chi connectivity index (χ0n) is 17.6. The molecule has 0 atom stereocenters. The van der Waals surface area contributed by atoms with Crippen LogP contribution in [-0.2, 0) is 19.8 Å². The number of hydrogen-bond donors (Lipinski definition) is 0. The average molecular weight is 424 g/mol. The first-order valence-electron chi connectivity index (χ1n) is 10.5. The van der Waals surface area contributed by atoms with Gasteiger partial charge >= 0.3 is 0 Å². The highest BCUT2D eigenvalue weighted by Gasteiger charge is 2.15. The van der Waals surface area contributed by atoms with E-state index in [9.17, 15) is 4.79 Å². The van der Waals surface area contributed by atoms with Gasteiger partial charge < -0.3 is 14.2 Å². The summed E-state index contributed by atoms with van der Waals surface area (Å²) in [7, 11) is 0. The largest absolute Gasteiger partial charge is 0.489 e. The van der Waals surface area contributed by atoms with Crippen molar-refractivity contribution in [2.75, 3.05) is 0 Å². The summed E-state index contributed by atoms with van der Waals surface area (Å²) in [4.78, 5) is 11.9. The maximum atomic E-state index is 11.9. The molecule has 4 nitrogen and oxygen atoms in total. The van der Waals surface area contributed by atoms with Gasteiger partial charge in [0.1, 0.15) is 25.6 Å². The lowest BCUT2D eigenvalue weighted by molar-refractivity contribution is 0.111. The quantitative estimate of drug-likeness (QED) is 0.283. The van der Waals surface area contributed by atoms with Crippen LogP contribution in [0.1, 0.15) is 27.0 Å². The van der Waals surface area contributed by atoms with Gasteiger partial charge in [-0.25, -0.2) is 0 Å². The van der Waals surface area contributed by atoms with Gasteiger partial charge in [0.05, 0.1) is 5.56 Å². The number of rotatable bonds is 10. The second kappa shape index (κ2) is 10.8. The van der Waals surface area contributed by atoms with Crippen molar-refractivity contribution in [2.24, 2.45) is 0 Å². The minimum Gasteiger partial charge on any atom is -0.489 e. The van der Waals surface area contributed by atoms with Crippen molar-refractivity contribution in [2.45, 2.75) is 19.8 Å². The Hall–Kier alpha value is -4.05. The Morgan fingerprint density at radius 1 is 0.562 bits per heavy atom. The van der Waals surface area contributed by atoms with Gasteiger partial charge in [-0.1, -0.05) is 91.0 Å². The molecule has 0 amide bonds. The molecular weight excluding hydrogens is 400 g/mol. The molecule has 0 heterocycles. The highest BCUT2D eigenvalue weighted by molar-refractivity contribution is 5.82. The van der Waals surface area contributed by atoms with Crippen molar-refractivity contribution in [1.29, 1.82) is 0 Å². The molecule has 4 aromatic rings. The van der Waals surface area contributed by atoms with Gasteiger partial charge in [0.25, 0.3) is 0 Å². The first-order valence-corrected chi connectivity index (χ1v) is 10.5. The number of benzene rings is 4. The lowest BCUT2D eigenvalue weighted by Crippen LogP contribution is -2.04. The van der Waals surface area contributed by atoms with Crippen molar-refractivity contribution in [3.63, 3.8) is 0 Å². The van der Waals surface area contributed by atoms with E-state index in [1.165, 1.54) is 0 Å². The fourth-order valence-electron chi connectivity index (χ4n) is 3.24. The molecule has 0 aliphatic rings. The molecule has 32 heavy (non-hydrogen) atoms. The smallest absolute Gasteiger partial charge is 0.172 e. The number of hydrogen-bond acceptors (Lipinski definition) is 4. The van der Waals surface area contributed by atoms with Gasteiger partial charge in [0, 0.05) is 6.07 Å². The van der Waals surface area contributed by atoms with Crippen molar-refractivity contribution in [1.82, 2.24) is 0 Å². The van der Waals surface area contributed by atoms with Gasteiger partial charge in [0.2, 0.25) is 0 Å². The summed E-state index contributed by atoms with van der Waals surface area (Å²) < 4.78 is 18.1. The normalized spacial score (nSPS) is 10.4. The van der Waals surface area contributed by atoms with Crippen molar-refractivity contribution >= 4 is 6.29 Å². The minimum absolute atomic E-state index is 0.327. The molecule has 0 aliphatic carbocycles. The predicted octanol–water partition coefficient (Wildman–Crippen LogP) is 6.24. The first-order chi connectivity index (χ1) is 15.8. The summed E-state index contributed by atoms with van der Waals surface area (Å²) in [6.45, 7) is 1.07. The van der Waals surface area contributed by atoms with Crippen LogP contribution in [-0.4, -0.2) is 6.29 Å². The van der Waals surface area contributed by atoms with Crippen LogP contribution in [0.15, 0.2) is 103 Å².